The van der Waals surface area contributed by atoms with Gasteiger partial charge in [0.15, 0.2) is 0 Å². The van der Waals surface area contributed by atoms with Crippen LogP contribution < -0.4 is 10.6 Å². The number of urea groups is 1. The predicted molar refractivity (Wildman–Crippen MR) is 47.1 cm³/mol. The molecule has 3 fully saturated rings. The summed E-state index contributed by atoms with van der Waals surface area (Å²) in [4.78, 5) is 11.0. The molecule has 2 N–H and O–H groups in total. The quantitative estimate of drug-likeness (QED) is 0.631. The van der Waals surface area contributed by atoms with Gasteiger partial charge in [-0.05, 0) is 31.1 Å². The van der Waals surface area contributed by atoms with E-state index in [2.05, 4.69) is 10.6 Å². The van der Waals surface area contributed by atoms with E-state index in [-0.39, 0.29) is 18.0 Å². The van der Waals surface area contributed by atoms with Gasteiger partial charge < -0.3 is 10.6 Å². The minimum Gasteiger partial charge on any atom is -0.341 e. The number of carbonyl (C=O) groups is 1. The van der Waals surface area contributed by atoms with Crippen LogP contribution in [-0.2, 0) is 0 Å². The average Bonchev–Trinajstić information content (AvgIpc) is 2.00. The van der Waals surface area contributed by atoms with Gasteiger partial charge in [0.2, 0.25) is 0 Å². The topological polar surface area (TPSA) is 41.1 Å². The third-order valence-electron chi connectivity index (χ3n) is 3.31. The molecule has 0 aromatic heterocycles. The van der Waals surface area contributed by atoms with Crippen molar-refractivity contribution in [3.05, 3.63) is 0 Å². The largest absolute Gasteiger partial charge is 0.341 e. The van der Waals surface area contributed by atoms with Crippen LogP contribution in [0.1, 0.15) is 19.3 Å². The molecule has 0 spiro atoms. The Hall–Kier alpha value is -0.800. The second-order valence-electron chi connectivity index (χ2n) is 4.07. The number of amides is 2. The smallest absolute Gasteiger partial charge is 0.314 e. The van der Waals surface area contributed by atoms with Gasteiger partial charge in [0, 0.05) is 13.1 Å². The van der Waals surface area contributed by atoms with E-state index < -0.39 is 6.17 Å². The van der Waals surface area contributed by atoms with Crippen LogP contribution in [0.5, 0.6) is 0 Å². The van der Waals surface area contributed by atoms with Gasteiger partial charge in [-0.25, -0.2) is 9.18 Å². The summed E-state index contributed by atoms with van der Waals surface area (Å²) in [7, 11) is 1.58. The van der Waals surface area contributed by atoms with Crippen molar-refractivity contribution in [3.8, 4) is 0 Å². The Morgan fingerprint density at radius 3 is 2.54 bits per heavy atom. The van der Waals surface area contributed by atoms with Crippen molar-refractivity contribution in [2.24, 2.45) is 11.8 Å². The van der Waals surface area contributed by atoms with E-state index >= 15 is 0 Å². The fourth-order valence-electron chi connectivity index (χ4n) is 2.38. The number of nitrogens with one attached hydrogen (secondary N) is 2. The standard InChI is InChI=1S/C9H15FN2O/c1-11-9(13)12-8-4-7(10)5-2-6(8)3-5/h5-8H,2-4H2,1H3,(H2,11,12,13)/t5?,6?,7?,8-/m1/s1. The monoisotopic (exact) mass is 186 g/mol. The van der Waals surface area contributed by atoms with Crippen molar-refractivity contribution in [1.82, 2.24) is 10.6 Å². The lowest BCUT2D eigenvalue weighted by Crippen LogP contribution is -2.55. The van der Waals surface area contributed by atoms with Gasteiger partial charge >= 0.3 is 6.03 Å². The highest BCUT2D eigenvalue weighted by Gasteiger charge is 2.46. The Morgan fingerprint density at radius 1 is 1.31 bits per heavy atom. The molecule has 2 atom stereocenters. The van der Waals surface area contributed by atoms with Crippen molar-refractivity contribution in [3.63, 3.8) is 0 Å². The third-order valence-corrected chi connectivity index (χ3v) is 3.31. The molecular weight excluding hydrogens is 171 g/mol. The van der Waals surface area contributed by atoms with Gasteiger partial charge in [0.25, 0.3) is 0 Å². The molecule has 3 nitrogen and oxygen atoms in total. The van der Waals surface area contributed by atoms with Gasteiger partial charge in [-0.3, -0.25) is 0 Å². The van der Waals surface area contributed by atoms with Crippen molar-refractivity contribution in [1.29, 1.82) is 0 Å². The first-order valence-electron chi connectivity index (χ1n) is 4.83. The molecule has 13 heavy (non-hydrogen) atoms. The van der Waals surface area contributed by atoms with Gasteiger partial charge in [-0.2, -0.15) is 0 Å². The van der Waals surface area contributed by atoms with E-state index in [9.17, 15) is 9.18 Å². The summed E-state index contributed by atoms with van der Waals surface area (Å²) >= 11 is 0. The van der Waals surface area contributed by atoms with Crippen LogP contribution in [0.2, 0.25) is 0 Å². The summed E-state index contributed by atoms with van der Waals surface area (Å²) in [5, 5.41) is 5.29. The van der Waals surface area contributed by atoms with Crippen LogP contribution >= 0.6 is 0 Å². The molecule has 3 aliphatic carbocycles. The molecule has 0 aliphatic heterocycles. The molecule has 74 valence electrons. The Kier molecular flexibility index (Phi) is 2.14. The maximum absolute atomic E-state index is 13.2. The molecule has 2 bridgehead atoms. The van der Waals surface area contributed by atoms with Crippen molar-refractivity contribution in [2.75, 3.05) is 7.05 Å². The predicted octanol–water partition coefficient (Wildman–Crippen LogP) is 1.05. The number of carbonyl (C=O) groups excluding carboxylic acids is 1. The molecule has 1 unspecified atom stereocenters. The number of alkyl halides is 1. The minimum absolute atomic E-state index is 0.0555. The second kappa shape index (κ2) is 3.16. The molecular formula is C9H15FN2O. The van der Waals surface area contributed by atoms with E-state index in [0.717, 1.165) is 12.8 Å². The fraction of sp³-hybridized carbons (Fsp3) is 0.889. The van der Waals surface area contributed by atoms with E-state index in [1.165, 1.54) is 0 Å². The van der Waals surface area contributed by atoms with Crippen LogP contribution in [0.4, 0.5) is 9.18 Å². The highest BCUT2D eigenvalue weighted by molar-refractivity contribution is 5.73. The summed E-state index contributed by atoms with van der Waals surface area (Å²) in [5.41, 5.74) is 0. The summed E-state index contributed by atoms with van der Waals surface area (Å²) in [6, 6.07) is -0.137. The third kappa shape index (κ3) is 1.49. The van der Waals surface area contributed by atoms with Gasteiger partial charge in [-0.1, -0.05) is 0 Å². The number of fused-ring (bicyclic) bond motifs is 2. The van der Waals surface area contributed by atoms with Crippen LogP contribution in [0.15, 0.2) is 0 Å². The van der Waals surface area contributed by atoms with Crippen LogP contribution in [-0.4, -0.2) is 25.3 Å². The number of halogens is 1. The van der Waals surface area contributed by atoms with Crippen LogP contribution in [0.25, 0.3) is 0 Å². The first kappa shape index (κ1) is 8.78. The normalized spacial score (nSPS) is 42.0. The van der Waals surface area contributed by atoms with Crippen molar-refractivity contribution >= 4 is 6.03 Å². The zero-order valence-electron chi connectivity index (χ0n) is 7.72. The molecule has 3 aliphatic rings. The molecule has 2 amide bonds. The van der Waals surface area contributed by atoms with Gasteiger partial charge in [-0.15, -0.1) is 0 Å². The number of rotatable bonds is 1. The summed E-state index contributed by atoms with van der Waals surface area (Å²) in [6.07, 6.45) is 1.71. The first-order valence-corrected chi connectivity index (χ1v) is 4.83. The van der Waals surface area contributed by atoms with Crippen LogP contribution in [0, 0.1) is 11.8 Å². The van der Waals surface area contributed by atoms with E-state index in [1.807, 2.05) is 0 Å². The zero-order chi connectivity index (χ0) is 9.42. The summed E-state index contributed by atoms with van der Waals surface area (Å²) < 4.78 is 13.2. The molecule has 0 radical (unpaired) electrons. The first-order chi connectivity index (χ1) is 6.20. The van der Waals surface area contributed by atoms with E-state index in [0.29, 0.717) is 12.3 Å². The summed E-state index contributed by atoms with van der Waals surface area (Å²) in [6.45, 7) is 0. The number of hydrogen-bond acceptors (Lipinski definition) is 1. The van der Waals surface area contributed by atoms with Crippen molar-refractivity contribution in [2.45, 2.75) is 31.5 Å². The highest BCUT2D eigenvalue weighted by atomic mass is 19.1. The maximum Gasteiger partial charge on any atom is 0.314 e. The molecule has 0 aromatic rings. The number of hydrogen-bond donors (Lipinski definition) is 2. The Morgan fingerprint density at radius 2 is 2.00 bits per heavy atom. The Balaban J connectivity index is 1.88. The summed E-state index contributed by atoms with van der Waals surface area (Å²) in [5.74, 6) is 0.807. The fourth-order valence-corrected chi connectivity index (χ4v) is 2.38. The van der Waals surface area contributed by atoms with Gasteiger partial charge in [0.1, 0.15) is 6.17 Å². The maximum atomic E-state index is 13.2. The van der Waals surface area contributed by atoms with Crippen molar-refractivity contribution < 1.29 is 9.18 Å². The highest BCUT2D eigenvalue weighted by Crippen LogP contribution is 2.46. The molecule has 3 rings (SSSR count). The molecule has 3 saturated carbocycles. The van der Waals surface area contributed by atoms with E-state index in [4.69, 9.17) is 0 Å². The van der Waals surface area contributed by atoms with Crippen LogP contribution in [0.3, 0.4) is 0 Å². The Bertz CT molecular complexity index is 216. The zero-order valence-corrected chi connectivity index (χ0v) is 7.72. The second-order valence-corrected chi connectivity index (χ2v) is 4.07. The SMILES string of the molecule is CNC(=O)N[C@@H]1CC(F)C2CC1C2. The Labute approximate surface area is 77.1 Å². The lowest BCUT2D eigenvalue weighted by atomic mass is 9.62. The molecule has 0 aromatic carbocycles. The molecule has 0 saturated heterocycles. The minimum atomic E-state index is -0.702. The average molecular weight is 186 g/mol. The lowest BCUT2D eigenvalue weighted by Gasteiger charge is -2.48. The van der Waals surface area contributed by atoms with E-state index in [1.54, 1.807) is 7.05 Å². The lowest BCUT2D eigenvalue weighted by molar-refractivity contribution is -0.000141. The van der Waals surface area contributed by atoms with Gasteiger partial charge in [0.05, 0.1) is 0 Å². The molecule has 4 heteroatoms. The molecule has 0 heterocycles.